The molecule has 3 aromatic heterocycles. The van der Waals surface area contributed by atoms with E-state index in [4.69, 9.17) is 14.2 Å². The van der Waals surface area contributed by atoms with Crippen molar-refractivity contribution in [1.29, 1.82) is 0 Å². The van der Waals surface area contributed by atoms with Crippen molar-refractivity contribution in [3.05, 3.63) is 40.8 Å². The number of hydrogen-bond donors (Lipinski definition) is 1. The van der Waals surface area contributed by atoms with E-state index in [-0.39, 0.29) is 23.8 Å². The maximum Gasteiger partial charge on any atom is 0.252 e. The molecule has 3 aromatic rings. The highest BCUT2D eigenvalue weighted by Gasteiger charge is 2.36. The second-order valence-electron chi connectivity index (χ2n) is 10.1. The van der Waals surface area contributed by atoms with E-state index in [0.717, 1.165) is 18.9 Å². The average molecular weight is 579 g/mol. The third-order valence-corrected chi connectivity index (χ3v) is 10.5. The summed E-state index contributed by atoms with van der Waals surface area (Å²) in [5, 5.41) is 3.19. The van der Waals surface area contributed by atoms with Gasteiger partial charge in [0.2, 0.25) is 11.8 Å². The maximum atomic E-state index is 13.6. The highest BCUT2D eigenvalue weighted by molar-refractivity contribution is 7.92. The standard InChI is InChI=1S/C26H34N4O7S2/c1-26(2,10-14-35-3)39(33,34)18-7-11-30(22(31)16-18)20(15-17-8-12-37-13-9-17)23(32)29-25-27-19-5-6-21(36-4)28-24(19)38-25/h5-7,11,16-17,20H,8-10,12-15H2,1-4H3,(H,27,29,32)/t20-/m1/s1. The molecule has 1 atom stereocenters. The van der Waals surface area contributed by atoms with Gasteiger partial charge in [0.15, 0.2) is 15.0 Å². The Morgan fingerprint density at radius 3 is 2.64 bits per heavy atom. The molecule has 1 aliphatic rings. The van der Waals surface area contributed by atoms with E-state index in [2.05, 4.69) is 15.3 Å². The highest BCUT2D eigenvalue weighted by Crippen LogP contribution is 2.31. The Labute approximate surface area is 231 Å². The van der Waals surface area contributed by atoms with Gasteiger partial charge in [-0.1, -0.05) is 11.3 Å². The average Bonchev–Trinajstić information content (AvgIpc) is 3.32. The van der Waals surface area contributed by atoms with Crippen LogP contribution in [0.15, 0.2) is 40.2 Å². The van der Waals surface area contributed by atoms with Gasteiger partial charge in [-0.3, -0.25) is 9.59 Å². The number of methoxy groups -OCH3 is 2. The summed E-state index contributed by atoms with van der Waals surface area (Å²) in [5.41, 5.74) is 0.0430. The van der Waals surface area contributed by atoms with Crippen molar-refractivity contribution in [1.82, 2.24) is 14.5 Å². The van der Waals surface area contributed by atoms with E-state index >= 15 is 0 Å². The summed E-state index contributed by atoms with van der Waals surface area (Å²) in [4.78, 5) is 36.2. The molecule has 11 nitrogen and oxygen atoms in total. The van der Waals surface area contributed by atoms with Crippen LogP contribution in [0.3, 0.4) is 0 Å². The number of carbonyl (C=O) groups excluding carboxylic acids is 1. The number of sulfone groups is 1. The number of fused-ring (bicyclic) bond motifs is 1. The molecule has 4 rings (SSSR count). The topological polar surface area (TPSA) is 139 Å². The van der Waals surface area contributed by atoms with Gasteiger partial charge in [0.25, 0.3) is 5.56 Å². The first-order valence-electron chi connectivity index (χ1n) is 12.7. The monoisotopic (exact) mass is 578 g/mol. The Morgan fingerprint density at radius 1 is 1.23 bits per heavy atom. The molecule has 0 unspecified atom stereocenters. The fraction of sp³-hybridized carbons (Fsp3) is 0.538. The van der Waals surface area contributed by atoms with Crippen LogP contribution in [0.2, 0.25) is 0 Å². The van der Waals surface area contributed by atoms with Crippen LogP contribution in [-0.2, 0) is 24.1 Å². The number of carbonyl (C=O) groups is 1. The number of thiazole rings is 1. The molecular formula is C26H34N4O7S2. The Morgan fingerprint density at radius 2 is 1.97 bits per heavy atom. The maximum absolute atomic E-state index is 13.6. The normalized spacial score (nSPS) is 15.8. The lowest BCUT2D eigenvalue weighted by Gasteiger charge is -2.28. The molecule has 13 heteroatoms. The fourth-order valence-electron chi connectivity index (χ4n) is 4.50. The van der Waals surface area contributed by atoms with Gasteiger partial charge in [-0.05, 0) is 57.6 Å². The van der Waals surface area contributed by atoms with Crippen molar-refractivity contribution in [2.24, 2.45) is 5.92 Å². The molecule has 0 radical (unpaired) electrons. The molecule has 1 fully saturated rings. The van der Waals surface area contributed by atoms with Gasteiger partial charge in [-0.2, -0.15) is 0 Å². The Bertz CT molecular complexity index is 1480. The van der Waals surface area contributed by atoms with E-state index in [9.17, 15) is 18.0 Å². The van der Waals surface area contributed by atoms with Crippen LogP contribution in [0.4, 0.5) is 5.13 Å². The number of amides is 1. The third kappa shape index (κ3) is 6.48. The van der Waals surface area contributed by atoms with Gasteiger partial charge < -0.3 is 24.1 Å². The van der Waals surface area contributed by atoms with E-state index in [1.54, 1.807) is 26.0 Å². The first-order chi connectivity index (χ1) is 18.6. The molecule has 1 amide bonds. The summed E-state index contributed by atoms with van der Waals surface area (Å²) in [6, 6.07) is 5.07. The van der Waals surface area contributed by atoms with Crippen molar-refractivity contribution >= 4 is 42.6 Å². The first kappa shape index (κ1) is 29.1. The molecule has 0 bridgehead atoms. The Balaban J connectivity index is 1.64. The molecule has 1 aliphatic heterocycles. The predicted molar refractivity (Wildman–Crippen MR) is 148 cm³/mol. The van der Waals surface area contributed by atoms with Gasteiger partial charge in [0.05, 0.1) is 16.8 Å². The van der Waals surface area contributed by atoms with Crippen molar-refractivity contribution < 1.29 is 27.4 Å². The van der Waals surface area contributed by atoms with Crippen LogP contribution in [-0.4, -0.2) is 67.6 Å². The van der Waals surface area contributed by atoms with E-state index in [1.807, 2.05) is 0 Å². The Hall–Kier alpha value is -2.87. The van der Waals surface area contributed by atoms with Crippen LogP contribution in [0.1, 0.15) is 45.6 Å². The lowest BCUT2D eigenvalue weighted by Crippen LogP contribution is -2.37. The largest absolute Gasteiger partial charge is 0.481 e. The lowest BCUT2D eigenvalue weighted by molar-refractivity contribution is -0.120. The van der Waals surface area contributed by atoms with Crippen LogP contribution in [0.5, 0.6) is 5.88 Å². The zero-order valence-electron chi connectivity index (χ0n) is 22.5. The summed E-state index contributed by atoms with van der Waals surface area (Å²) in [5.74, 6) is 0.193. The van der Waals surface area contributed by atoms with Crippen molar-refractivity contribution in [3.8, 4) is 5.88 Å². The number of nitrogens with one attached hydrogen (secondary N) is 1. The zero-order chi connectivity index (χ0) is 28.2. The molecule has 0 saturated carbocycles. The fourth-order valence-corrected chi connectivity index (χ4v) is 6.82. The van der Waals surface area contributed by atoms with Crippen molar-refractivity contribution in [2.75, 3.05) is 39.4 Å². The number of nitrogens with zero attached hydrogens (tertiary/aromatic N) is 3. The lowest BCUT2D eigenvalue weighted by atomic mass is 9.92. The van der Waals surface area contributed by atoms with Crippen molar-refractivity contribution in [2.45, 2.75) is 55.2 Å². The van der Waals surface area contributed by atoms with Gasteiger partial charge in [-0.15, -0.1) is 0 Å². The molecule has 0 aromatic carbocycles. The Kier molecular flexibility index (Phi) is 9.04. The van der Waals surface area contributed by atoms with Gasteiger partial charge in [-0.25, -0.2) is 18.4 Å². The van der Waals surface area contributed by atoms with Crippen LogP contribution in [0.25, 0.3) is 10.3 Å². The summed E-state index contributed by atoms with van der Waals surface area (Å²) in [7, 11) is -0.798. The van der Waals surface area contributed by atoms with E-state index in [1.165, 1.54) is 42.4 Å². The molecule has 1 N–H and O–H groups in total. The quantitative estimate of drug-likeness (QED) is 0.362. The van der Waals surface area contributed by atoms with Crippen molar-refractivity contribution in [3.63, 3.8) is 0 Å². The second-order valence-corrected chi connectivity index (χ2v) is 13.7. The first-order valence-corrected chi connectivity index (χ1v) is 15.0. The summed E-state index contributed by atoms with van der Waals surface area (Å²) in [6.07, 6.45) is 3.60. The molecule has 0 aliphatic carbocycles. The number of hydrogen-bond acceptors (Lipinski definition) is 10. The number of aromatic nitrogens is 3. The third-order valence-electron chi connectivity index (χ3n) is 7.07. The minimum absolute atomic E-state index is 0.0822. The van der Waals surface area contributed by atoms with Crippen LogP contribution < -0.4 is 15.6 Å². The summed E-state index contributed by atoms with van der Waals surface area (Å²) < 4.78 is 42.5. The molecule has 0 spiro atoms. The molecule has 1 saturated heterocycles. The van der Waals surface area contributed by atoms with Gasteiger partial charge in [0, 0.05) is 45.3 Å². The number of rotatable bonds is 11. The van der Waals surface area contributed by atoms with Crippen LogP contribution >= 0.6 is 11.3 Å². The second kappa shape index (κ2) is 12.1. The number of pyridine rings is 2. The van der Waals surface area contributed by atoms with E-state index in [0.29, 0.717) is 41.0 Å². The van der Waals surface area contributed by atoms with E-state index < -0.39 is 32.1 Å². The molecule has 39 heavy (non-hydrogen) atoms. The molecule has 212 valence electrons. The van der Waals surface area contributed by atoms with Gasteiger partial charge >= 0.3 is 0 Å². The SMILES string of the molecule is COCCC(C)(C)S(=O)(=O)c1ccn([C@H](CC2CCOCC2)C(=O)Nc2nc3ccc(OC)nc3s2)c(=O)c1. The molecule has 4 heterocycles. The zero-order valence-corrected chi connectivity index (χ0v) is 24.1. The highest BCUT2D eigenvalue weighted by atomic mass is 32.2. The number of ether oxygens (including phenoxy) is 3. The van der Waals surface area contributed by atoms with Gasteiger partial charge in [0.1, 0.15) is 16.4 Å². The summed E-state index contributed by atoms with van der Waals surface area (Å²) >= 11 is 1.20. The minimum atomic E-state index is -3.83. The predicted octanol–water partition coefficient (Wildman–Crippen LogP) is 3.45. The van der Waals surface area contributed by atoms with Crippen LogP contribution in [0, 0.1) is 5.92 Å². The smallest absolute Gasteiger partial charge is 0.252 e. The summed E-state index contributed by atoms with van der Waals surface area (Å²) in [6.45, 7) is 4.66. The number of anilines is 1. The minimum Gasteiger partial charge on any atom is -0.481 e. The molecular weight excluding hydrogens is 544 g/mol.